The van der Waals surface area contributed by atoms with Gasteiger partial charge in [-0.15, -0.1) is 0 Å². The van der Waals surface area contributed by atoms with Crippen LogP contribution in [0.2, 0.25) is 0 Å². The molecule has 1 N–H and O–H groups in total. The minimum atomic E-state index is 0.682. The number of piperidine rings is 1. The number of benzene rings is 1. The Labute approximate surface area is 131 Å². The topological polar surface area (TPSA) is 31.9 Å². The van der Waals surface area contributed by atoms with E-state index in [1.165, 1.54) is 48.0 Å². The summed E-state index contributed by atoms with van der Waals surface area (Å²) >= 11 is 0. The summed E-state index contributed by atoms with van der Waals surface area (Å²) in [6.07, 6.45) is 8.51. The molecule has 0 amide bonds. The molecule has 4 rings (SSSR count). The third-order valence-electron chi connectivity index (χ3n) is 4.78. The first-order valence-electron chi connectivity index (χ1n) is 8.07. The number of hydrogen-bond donors (Lipinski definition) is 1. The lowest BCUT2D eigenvalue weighted by Gasteiger charge is -2.31. The van der Waals surface area contributed by atoms with Crippen LogP contribution in [0.4, 0.5) is 0 Å². The van der Waals surface area contributed by atoms with Crippen molar-refractivity contribution in [3.8, 4) is 0 Å². The van der Waals surface area contributed by atoms with Crippen molar-refractivity contribution in [2.75, 3.05) is 13.1 Å². The van der Waals surface area contributed by atoms with Crippen molar-refractivity contribution >= 4 is 10.9 Å². The van der Waals surface area contributed by atoms with E-state index in [9.17, 15) is 0 Å². The van der Waals surface area contributed by atoms with Gasteiger partial charge in [0.2, 0.25) is 0 Å². The van der Waals surface area contributed by atoms with Crippen LogP contribution < -0.4 is 0 Å². The minimum absolute atomic E-state index is 0.682. The third-order valence-corrected chi connectivity index (χ3v) is 4.78. The number of fused-ring (bicyclic) bond motifs is 1. The summed E-state index contributed by atoms with van der Waals surface area (Å²) in [7, 11) is 0. The van der Waals surface area contributed by atoms with Gasteiger partial charge in [-0.1, -0.05) is 24.3 Å². The Bertz CT molecular complexity index is 739. The van der Waals surface area contributed by atoms with Crippen molar-refractivity contribution in [2.45, 2.75) is 25.3 Å². The van der Waals surface area contributed by atoms with Crippen molar-refractivity contribution in [3.63, 3.8) is 0 Å². The summed E-state index contributed by atoms with van der Waals surface area (Å²) in [5, 5.41) is 1.40. The number of H-pyrrole nitrogens is 1. The molecule has 1 aliphatic rings. The van der Waals surface area contributed by atoms with E-state index < -0.39 is 0 Å². The molecule has 2 aromatic heterocycles. The molecular weight excluding hydrogens is 270 g/mol. The van der Waals surface area contributed by atoms with Gasteiger partial charge in [0.15, 0.2) is 0 Å². The molecule has 1 saturated heterocycles. The third kappa shape index (κ3) is 2.64. The number of pyridine rings is 1. The largest absolute Gasteiger partial charge is 0.361 e. The molecule has 3 nitrogen and oxygen atoms in total. The molecule has 3 aromatic rings. The summed E-state index contributed by atoms with van der Waals surface area (Å²) in [4.78, 5) is 10.2. The molecule has 0 aliphatic carbocycles. The van der Waals surface area contributed by atoms with Crippen molar-refractivity contribution in [1.82, 2.24) is 14.9 Å². The zero-order valence-electron chi connectivity index (χ0n) is 12.7. The van der Waals surface area contributed by atoms with Crippen LogP contribution in [-0.4, -0.2) is 28.0 Å². The fourth-order valence-corrected chi connectivity index (χ4v) is 3.58. The van der Waals surface area contributed by atoms with Gasteiger partial charge in [0.05, 0.1) is 0 Å². The number of likely N-dealkylation sites (tertiary alicyclic amines) is 1. The highest BCUT2D eigenvalue weighted by Crippen LogP contribution is 2.33. The van der Waals surface area contributed by atoms with Gasteiger partial charge in [-0.2, -0.15) is 0 Å². The SMILES string of the molecule is c1cncc(CN2CCC(c3c[nH]c4ccccc34)CC2)c1. The van der Waals surface area contributed by atoms with Crippen molar-refractivity contribution in [1.29, 1.82) is 0 Å². The van der Waals surface area contributed by atoms with Gasteiger partial charge in [0.25, 0.3) is 0 Å². The van der Waals surface area contributed by atoms with Gasteiger partial charge < -0.3 is 4.98 Å². The summed E-state index contributed by atoms with van der Waals surface area (Å²) in [6, 6.07) is 12.8. The first kappa shape index (κ1) is 13.5. The lowest BCUT2D eigenvalue weighted by molar-refractivity contribution is 0.205. The van der Waals surface area contributed by atoms with Gasteiger partial charge in [-0.3, -0.25) is 9.88 Å². The maximum Gasteiger partial charge on any atom is 0.0456 e. The zero-order chi connectivity index (χ0) is 14.8. The van der Waals surface area contributed by atoms with Crippen molar-refractivity contribution in [2.24, 2.45) is 0 Å². The van der Waals surface area contributed by atoms with Crippen LogP contribution in [0.15, 0.2) is 55.0 Å². The fourth-order valence-electron chi connectivity index (χ4n) is 3.58. The van der Waals surface area contributed by atoms with Crippen molar-refractivity contribution < 1.29 is 0 Å². The van der Waals surface area contributed by atoms with E-state index in [0.717, 1.165) is 6.54 Å². The molecule has 1 fully saturated rings. The number of nitrogens with zero attached hydrogens (tertiary/aromatic N) is 2. The van der Waals surface area contributed by atoms with Crippen LogP contribution in [0, 0.1) is 0 Å². The fraction of sp³-hybridized carbons (Fsp3) is 0.316. The Morgan fingerprint density at radius 3 is 2.77 bits per heavy atom. The molecule has 0 spiro atoms. The lowest BCUT2D eigenvalue weighted by atomic mass is 9.89. The van der Waals surface area contributed by atoms with E-state index in [2.05, 4.69) is 51.4 Å². The smallest absolute Gasteiger partial charge is 0.0456 e. The minimum Gasteiger partial charge on any atom is -0.361 e. The van der Waals surface area contributed by atoms with E-state index in [0.29, 0.717) is 5.92 Å². The monoisotopic (exact) mass is 291 g/mol. The van der Waals surface area contributed by atoms with Crippen LogP contribution in [0.25, 0.3) is 10.9 Å². The molecule has 1 aliphatic heterocycles. The Kier molecular flexibility index (Phi) is 3.65. The second-order valence-corrected chi connectivity index (χ2v) is 6.20. The molecule has 0 unspecified atom stereocenters. The van der Waals surface area contributed by atoms with Crippen molar-refractivity contribution in [3.05, 3.63) is 66.1 Å². The van der Waals surface area contributed by atoms with Crippen LogP contribution in [0.5, 0.6) is 0 Å². The average Bonchev–Trinajstić information content (AvgIpc) is 3.01. The summed E-state index contributed by atoms with van der Waals surface area (Å²) in [5.41, 5.74) is 4.07. The standard InChI is InChI=1S/C19H21N3/c1-2-6-19-17(5-1)18(13-21-19)16-7-10-22(11-8-16)14-15-4-3-9-20-12-15/h1-6,9,12-13,16,21H,7-8,10-11,14H2. The first-order chi connectivity index (χ1) is 10.9. The van der Waals surface area contributed by atoms with Crippen LogP contribution >= 0.6 is 0 Å². The van der Waals surface area contributed by atoms with E-state index in [1.807, 2.05) is 18.5 Å². The Balaban J connectivity index is 1.43. The predicted octanol–water partition coefficient (Wildman–Crippen LogP) is 3.94. The second kappa shape index (κ2) is 5.93. The quantitative estimate of drug-likeness (QED) is 0.792. The Morgan fingerprint density at radius 2 is 1.95 bits per heavy atom. The van der Waals surface area contributed by atoms with Crippen LogP contribution in [-0.2, 0) is 6.54 Å². The van der Waals surface area contributed by atoms with Gasteiger partial charge in [-0.05, 0) is 55.1 Å². The maximum atomic E-state index is 4.21. The second-order valence-electron chi connectivity index (χ2n) is 6.20. The Hall–Kier alpha value is -2.13. The summed E-state index contributed by atoms with van der Waals surface area (Å²) in [6.45, 7) is 3.35. The predicted molar refractivity (Wildman–Crippen MR) is 89.8 cm³/mol. The Morgan fingerprint density at radius 1 is 1.09 bits per heavy atom. The highest BCUT2D eigenvalue weighted by Gasteiger charge is 2.22. The first-order valence-corrected chi connectivity index (χ1v) is 8.07. The number of rotatable bonds is 3. The lowest BCUT2D eigenvalue weighted by Crippen LogP contribution is -2.32. The average molecular weight is 291 g/mol. The molecular formula is C19H21N3. The number of aromatic amines is 1. The molecule has 0 saturated carbocycles. The zero-order valence-corrected chi connectivity index (χ0v) is 12.7. The molecule has 0 atom stereocenters. The number of aromatic nitrogens is 2. The van der Waals surface area contributed by atoms with Crippen LogP contribution in [0.1, 0.15) is 29.9 Å². The molecule has 112 valence electrons. The van der Waals surface area contributed by atoms with E-state index in [-0.39, 0.29) is 0 Å². The highest BCUT2D eigenvalue weighted by atomic mass is 15.1. The van der Waals surface area contributed by atoms with Crippen LogP contribution in [0.3, 0.4) is 0 Å². The molecule has 22 heavy (non-hydrogen) atoms. The highest BCUT2D eigenvalue weighted by molar-refractivity contribution is 5.83. The van der Waals surface area contributed by atoms with E-state index >= 15 is 0 Å². The molecule has 0 radical (unpaired) electrons. The molecule has 3 heteroatoms. The number of hydrogen-bond acceptors (Lipinski definition) is 2. The molecule has 0 bridgehead atoms. The summed E-state index contributed by atoms with van der Waals surface area (Å²) < 4.78 is 0. The van der Waals surface area contributed by atoms with Gasteiger partial charge in [0.1, 0.15) is 0 Å². The normalized spacial score (nSPS) is 17.1. The summed E-state index contributed by atoms with van der Waals surface area (Å²) in [5.74, 6) is 0.682. The number of nitrogens with one attached hydrogen (secondary N) is 1. The van der Waals surface area contributed by atoms with E-state index in [1.54, 1.807) is 0 Å². The molecule has 3 heterocycles. The van der Waals surface area contributed by atoms with Gasteiger partial charge >= 0.3 is 0 Å². The number of para-hydroxylation sites is 1. The van der Waals surface area contributed by atoms with Gasteiger partial charge in [-0.25, -0.2) is 0 Å². The molecule has 1 aromatic carbocycles. The van der Waals surface area contributed by atoms with E-state index in [4.69, 9.17) is 0 Å². The maximum absolute atomic E-state index is 4.21. The van der Waals surface area contributed by atoms with Gasteiger partial charge in [0, 0.05) is 36.0 Å².